The normalized spacial score (nSPS) is 19.0. The van der Waals surface area contributed by atoms with Crippen LogP contribution in [0.1, 0.15) is 18.4 Å². The van der Waals surface area contributed by atoms with Gasteiger partial charge < -0.3 is 10.0 Å². The van der Waals surface area contributed by atoms with Gasteiger partial charge in [0.15, 0.2) is 0 Å². The van der Waals surface area contributed by atoms with Crippen molar-refractivity contribution in [3.05, 3.63) is 54.1 Å². The molecule has 1 aliphatic heterocycles. The molecule has 1 aliphatic rings. The van der Waals surface area contributed by atoms with Gasteiger partial charge in [0, 0.05) is 12.6 Å². The van der Waals surface area contributed by atoms with Crippen LogP contribution in [0.4, 0.5) is 0 Å². The van der Waals surface area contributed by atoms with E-state index in [1.54, 1.807) is 12.2 Å². The van der Waals surface area contributed by atoms with Gasteiger partial charge in [-0.15, -0.1) is 0 Å². The van der Waals surface area contributed by atoms with Crippen LogP contribution in [0.2, 0.25) is 0 Å². The highest BCUT2D eigenvalue weighted by atomic mass is 16.4. The van der Waals surface area contributed by atoms with Crippen molar-refractivity contribution in [2.24, 2.45) is 0 Å². The molecule has 1 fully saturated rings. The molecule has 0 aliphatic carbocycles. The molecule has 104 valence electrons. The molecule has 1 N–H and O–H groups in total. The van der Waals surface area contributed by atoms with Crippen LogP contribution < -0.4 is 0 Å². The van der Waals surface area contributed by atoms with Crippen LogP contribution in [0.5, 0.6) is 0 Å². The minimum absolute atomic E-state index is 0.243. The Morgan fingerprint density at radius 1 is 1.20 bits per heavy atom. The molecule has 0 aromatic heterocycles. The van der Waals surface area contributed by atoms with E-state index in [9.17, 15) is 9.59 Å². The molecule has 1 amide bonds. The van der Waals surface area contributed by atoms with Gasteiger partial charge in [-0.3, -0.25) is 4.79 Å². The zero-order valence-electron chi connectivity index (χ0n) is 11.1. The number of likely N-dealkylation sites (tertiary alicyclic amines) is 1. The number of hydrogen-bond acceptors (Lipinski definition) is 2. The Labute approximate surface area is 118 Å². The average Bonchev–Trinajstić information content (AvgIpc) is 2.94. The maximum atomic E-state index is 11.9. The standard InChI is InChI=1S/C16H17NO3/c18-15(17-12-6-10-14(17)16(19)20)11-5-4-9-13-7-2-1-3-8-13/h1-5,7-9,11,14H,6,10,12H2,(H,19,20)/b9-4+,11-5+. The van der Waals surface area contributed by atoms with Gasteiger partial charge in [-0.2, -0.15) is 0 Å². The number of amides is 1. The zero-order chi connectivity index (χ0) is 14.4. The van der Waals surface area contributed by atoms with Crippen LogP contribution in [0.15, 0.2) is 48.6 Å². The van der Waals surface area contributed by atoms with E-state index in [0.29, 0.717) is 13.0 Å². The Kier molecular flexibility index (Phi) is 4.71. The van der Waals surface area contributed by atoms with Crippen molar-refractivity contribution in [1.82, 2.24) is 4.90 Å². The number of nitrogens with zero attached hydrogens (tertiary/aromatic N) is 1. The van der Waals surface area contributed by atoms with Crippen molar-refractivity contribution in [3.63, 3.8) is 0 Å². The number of allylic oxidation sites excluding steroid dienone is 2. The Bertz CT molecular complexity index is 534. The van der Waals surface area contributed by atoms with Crippen molar-refractivity contribution in [2.45, 2.75) is 18.9 Å². The molecule has 1 atom stereocenters. The number of carboxylic acid groups (broad SMARTS) is 1. The van der Waals surface area contributed by atoms with E-state index in [0.717, 1.165) is 12.0 Å². The number of benzene rings is 1. The van der Waals surface area contributed by atoms with Gasteiger partial charge in [0.2, 0.25) is 5.91 Å². The lowest BCUT2D eigenvalue weighted by atomic mass is 10.2. The second-order valence-electron chi connectivity index (χ2n) is 4.66. The molecule has 2 rings (SSSR count). The highest BCUT2D eigenvalue weighted by Gasteiger charge is 2.32. The molecular weight excluding hydrogens is 254 g/mol. The van der Waals surface area contributed by atoms with E-state index >= 15 is 0 Å². The second-order valence-corrected chi connectivity index (χ2v) is 4.66. The third kappa shape index (κ3) is 3.57. The van der Waals surface area contributed by atoms with Crippen LogP contribution >= 0.6 is 0 Å². The zero-order valence-corrected chi connectivity index (χ0v) is 11.1. The van der Waals surface area contributed by atoms with Crippen LogP contribution in [0, 0.1) is 0 Å². The first-order valence-corrected chi connectivity index (χ1v) is 6.61. The lowest BCUT2D eigenvalue weighted by molar-refractivity contribution is -0.146. The highest BCUT2D eigenvalue weighted by Crippen LogP contribution is 2.17. The van der Waals surface area contributed by atoms with Crippen LogP contribution in [0.3, 0.4) is 0 Å². The van der Waals surface area contributed by atoms with E-state index in [-0.39, 0.29) is 5.91 Å². The van der Waals surface area contributed by atoms with Gasteiger partial charge in [-0.05, 0) is 18.4 Å². The molecule has 20 heavy (non-hydrogen) atoms. The minimum Gasteiger partial charge on any atom is -0.480 e. The van der Waals surface area contributed by atoms with E-state index in [2.05, 4.69) is 0 Å². The van der Waals surface area contributed by atoms with Crippen LogP contribution in [0.25, 0.3) is 6.08 Å². The van der Waals surface area contributed by atoms with Crippen molar-refractivity contribution < 1.29 is 14.7 Å². The predicted octanol–water partition coefficient (Wildman–Crippen LogP) is 2.33. The summed E-state index contributed by atoms with van der Waals surface area (Å²) in [5.41, 5.74) is 1.05. The molecule has 1 unspecified atom stereocenters. The summed E-state index contributed by atoms with van der Waals surface area (Å²) in [5, 5.41) is 9.02. The summed E-state index contributed by atoms with van der Waals surface area (Å²) in [7, 11) is 0. The van der Waals surface area contributed by atoms with E-state index in [1.807, 2.05) is 36.4 Å². The number of carbonyl (C=O) groups excluding carboxylic acids is 1. The summed E-state index contributed by atoms with van der Waals surface area (Å²) in [6.45, 7) is 0.516. The van der Waals surface area contributed by atoms with Gasteiger partial charge in [0.1, 0.15) is 6.04 Å². The number of aliphatic carboxylic acids is 1. The third-order valence-corrected chi connectivity index (χ3v) is 3.26. The summed E-state index contributed by atoms with van der Waals surface area (Å²) in [6.07, 6.45) is 8.01. The highest BCUT2D eigenvalue weighted by molar-refractivity contribution is 5.91. The second kappa shape index (κ2) is 6.70. The van der Waals surface area contributed by atoms with Crippen molar-refractivity contribution in [3.8, 4) is 0 Å². The van der Waals surface area contributed by atoms with E-state index < -0.39 is 12.0 Å². The molecular formula is C16H17NO3. The fraction of sp³-hybridized carbons (Fsp3) is 0.250. The lowest BCUT2D eigenvalue weighted by Gasteiger charge is -2.19. The molecule has 4 nitrogen and oxygen atoms in total. The number of hydrogen-bond donors (Lipinski definition) is 1. The summed E-state index contributed by atoms with van der Waals surface area (Å²) in [5.74, 6) is -1.17. The first-order chi connectivity index (χ1) is 9.68. The van der Waals surface area contributed by atoms with Crippen LogP contribution in [-0.4, -0.2) is 34.5 Å². The van der Waals surface area contributed by atoms with Crippen molar-refractivity contribution in [2.75, 3.05) is 6.54 Å². The monoisotopic (exact) mass is 271 g/mol. The Balaban J connectivity index is 1.93. The molecule has 0 spiro atoms. The largest absolute Gasteiger partial charge is 0.480 e. The van der Waals surface area contributed by atoms with Crippen LogP contribution in [-0.2, 0) is 9.59 Å². The molecule has 0 bridgehead atoms. The minimum atomic E-state index is -0.927. The topological polar surface area (TPSA) is 57.6 Å². The maximum absolute atomic E-state index is 11.9. The smallest absolute Gasteiger partial charge is 0.326 e. The summed E-state index contributed by atoms with van der Waals surface area (Å²) >= 11 is 0. The third-order valence-electron chi connectivity index (χ3n) is 3.26. The summed E-state index contributed by atoms with van der Waals surface area (Å²) in [4.78, 5) is 24.3. The van der Waals surface area contributed by atoms with Gasteiger partial charge in [-0.25, -0.2) is 4.79 Å². The van der Waals surface area contributed by atoms with Gasteiger partial charge in [-0.1, -0.05) is 48.6 Å². The number of carbonyl (C=O) groups is 2. The van der Waals surface area contributed by atoms with Gasteiger partial charge in [0.25, 0.3) is 0 Å². The SMILES string of the molecule is O=C(O)C1CCCN1C(=O)/C=C/C=C/c1ccccc1. The Morgan fingerprint density at radius 2 is 1.95 bits per heavy atom. The van der Waals surface area contributed by atoms with Gasteiger partial charge >= 0.3 is 5.97 Å². The summed E-state index contributed by atoms with van der Waals surface area (Å²) < 4.78 is 0. The van der Waals surface area contributed by atoms with E-state index in [4.69, 9.17) is 5.11 Å². The maximum Gasteiger partial charge on any atom is 0.326 e. The predicted molar refractivity (Wildman–Crippen MR) is 77.0 cm³/mol. The molecule has 0 radical (unpaired) electrons. The fourth-order valence-corrected chi connectivity index (χ4v) is 2.25. The number of carboxylic acids is 1. The molecule has 1 aromatic carbocycles. The van der Waals surface area contributed by atoms with Crippen molar-refractivity contribution in [1.29, 1.82) is 0 Å². The molecule has 1 saturated heterocycles. The quantitative estimate of drug-likeness (QED) is 0.675. The molecule has 0 saturated carbocycles. The molecule has 1 aromatic rings. The Hall–Kier alpha value is -2.36. The first kappa shape index (κ1) is 14.1. The lowest BCUT2D eigenvalue weighted by Crippen LogP contribution is -2.39. The Morgan fingerprint density at radius 3 is 2.65 bits per heavy atom. The van der Waals surface area contributed by atoms with Gasteiger partial charge in [0.05, 0.1) is 0 Å². The summed E-state index contributed by atoms with van der Waals surface area (Å²) in [6, 6.07) is 9.08. The molecule has 4 heteroatoms. The number of rotatable bonds is 4. The average molecular weight is 271 g/mol. The molecule has 1 heterocycles. The van der Waals surface area contributed by atoms with E-state index in [1.165, 1.54) is 11.0 Å². The fourth-order valence-electron chi connectivity index (χ4n) is 2.25. The first-order valence-electron chi connectivity index (χ1n) is 6.61. The van der Waals surface area contributed by atoms with Crippen molar-refractivity contribution >= 4 is 18.0 Å².